The molecule has 0 radical (unpaired) electrons. The SMILES string of the molecule is CC(C)c1ccc(C(C)C)c(C2(CN)CC2)c1O. The highest BCUT2D eigenvalue weighted by molar-refractivity contribution is 5.54. The van der Waals surface area contributed by atoms with Gasteiger partial charge in [0.05, 0.1) is 0 Å². The average Bonchev–Trinajstić information content (AvgIpc) is 3.08. The minimum absolute atomic E-state index is 0.0502. The van der Waals surface area contributed by atoms with E-state index in [0.717, 1.165) is 24.0 Å². The van der Waals surface area contributed by atoms with E-state index in [-0.39, 0.29) is 5.41 Å². The summed E-state index contributed by atoms with van der Waals surface area (Å²) in [5.41, 5.74) is 9.45. The lowest BCUT2D eigenvalue weighted by Gasteiger charge is -2.24. The molecule has 1 aliphatic rings. The van der Waals surface area contributed by atoms with Gasteiger partial charge in [0.15, 0.2) is 0 Å². The zero-order valence-electron chi connectivity index (χ0n) is 12.0. The molecule has 0 spiro atoms. The Bertz CT molecular complexity index is 445. The topological polar surface area (TPSA) is 46.2 Å². The molecule has 2 heteroatoms. The molecule has 3 N–H and O–H groups in total. The van der Waals surface area contributed by atoms with Gasteiger partial charge in [-0.2, -0.15) is 0 Å². The van der Waals surface area contributed by atoms with Gasteiger partial charge in [-0.05, 0) is 35.8 Å². The molecule has 1 aliphatic carbocycles. The van der Waals surface area contributed by atoms with E-state index in [9.17, 15) is 5.11 Å². The van der Waals surface area contributed by atoms with Crippen molar-refractivity contribution in [1.82, 2.24) is 0 Å². The van der Waals surface area contributed by atoms with Gasteiger partial charge in [0.2, 0.25) is 0 Å². The highest BCUT2D eigenvalue weighted by Crippen LogP contribution is 2.54. The first-order valence-corrected chi connectivity index (χ1v) is 6.99. The largest absolute Gasteiger partial charge is 0.507 e. The maximum absolute atomic E-state index is 10.6. The van der Waals surface area contributed by atoms with E-state index in [2.05, 4.69) is 39.8 Å². The zero-order valence-corrected chi connectivity index (χ0v) is 12.0. The Hall–Kier alpha value is -1.02. The number of hydrogen-bond acceptors (Lipinski definition) is 2. The summed E-state index contributed by atoms with van der Waals surface area (Å²) in [5, 5.41) is 10.6. The molecule has 0 heterocycles. The standard InChI is InChI=1S/C16H25NO/c1-10(2)12-5-6-13(11(3)4)15(18)14(12)16(9-17)7-8-16/h5-6,10-11,18H,7-9,17H2,1-4H3. The van der Waals surface area contributed by atoms with Gasteiger partial charge in [-0.15, -0.1) is 0 Å². The van der Waals surface area contributed by atoms with Gasteiger partial charge in [0.25, 0.3) is 0 Å². The van der Waals surface area contributed by atoms with Gasteiger partial charge < -0.3 is 10.8 Å². The summed E-state index contributed by atoms with van der Waals surface area (Å²) in [5.74, 6) is 1.27. The molecule has 100 valence electrons. The van der Waals surface area contributed by atoms with E-state index in [4.69, 9.17) is 5.73 Å². The Labute approximate surface area is 110 Å². The van der Waals surface area contributed by atoms with Crippen LogP contribution in [0.4, 0.5) is 0 Å². The van der Waals surface area contributed by atoms with Crippen molar-refractivity contribution in [1.29, 1.82) is 0 Å². The van der Waals surface area contributed by atoms with Gasteiger partial charge in [0, 0.05) is 17.5 Å². The fraction of sp³-hybridized carbons (Fsp3) is 0.625. The number of phenolic OH excluding ortho intramolecular Hbond substituents is 1. The van der Waals surface area contributed by atoms with E-state index in [0.29, 0.717) is 24.1 Å². The molecule has 2 nitrogen and oxygen atoms in total. The molecule has 1 fully saturated rings. The maximum Gasteiger partial charge on any atom is 0.123 e. The lowest BCUT2D eigenvalue weighted by atomic mass is 9.83. The summed E-state index contributed by atoms with van der Waals surface area (Å²) in [7, 11) is 0. The summed E-state index contributed by atoms with van der Waals surface area (Å²) in [4.78, 5) is 0. The second-order valence-electron chi connectivity index (χ2n) is 6.26. The monoisotopic (exact) mass is 247 g/mol. The Morgan fingerprint density at radius 3 is 2.00 bits per heavy atom. The zero-order chi connectivity index (χ0) is 13.5. The predicted molar refractivity (Wildman–Crippen MR) is 76.3 cm³/mol. The number of rotatable bonds is 4. The number of nitrogens with two attached hydrogens (primary N) is 1. The van der Waals surface area contributed by atoms with Gasteiger partial charge in [-0.3, -0.25) is 0 Å². The Kier molecular flexibility index (Phi) is 3.41. The first-order valence-electron chi connectivity index (χ1n) is 6.99. The molecular formula is C16H25NO. The van der Waals surface area contributed by atoms with E-state index in [1.807, 2.05) is 0 Å². The second kappa shape index (κ2) is 4.58. The van der Waals surface area contributed by atoms with Crippen molar-refractivity contribution in [3.8, 4) is 5.75 Å². The minimum Gasteiger partial charge on any atom is -0.507 e. The summed E-state index contributed by atoms with van der Waals surface area (Å²) in [6.07, 6.45) is 2.22. The van der Waals surface area contributed by atoms with Crippen molar-refractivity contribution in [3.63, 3.8) is 0 Å². The highest BCUT2D eigenvalue weighted by Gasteiger charge is 2.46. The summed E-state index contributed by atoms with van der Waals surface area (Å²) in [6, 6.07) is 4.26. The van der Waals surface area contributed by atoms with Crippen molar-refractivity contribution >= 4 is 0 Å². The molecule has 0 aromatic heterocycles. The molecule has 0 saturated heterocycles. The van der Waals surface area contributed by atoms with Crippen molar-refractivity contribution in [2.24, 2.45) is 5.73 Å². The number of aromatic hydroxyl groups is 1. The summed E-state index contributed by atoms with van der Waals surface area (Å²) < 4.78 is 0. The van der Waals surface area contributed by atoms with Crippen LogP contribution in [0.1, 0.15) is 69.1 Å². The Balaban J connectivity index is 2.62. The molecule has 1 aromatic carbocycles. The molecule has 0 amide bonds. The van der Waals surface area contributed by atoms with Crippen LogP contribution in [-0.2, 0) is 5.41 Å². The first-order chi connectivity index (χ1) is 8.43. The molecular weight excluding hydrogens is 222 g/mol. The van der Waals surface area contributed by atoms with Crippen LogP contribution >= 0.6 is 0 Å². The van der Waals surface area contributed by atoms with Crippen LogP contribution in [0, 0.1) is 0 Å². The molecule has 1 saturated carbocycles. The number of hydrogen-bond donors (Lipinski definition) is 2. The third-order valence-corrected chi connectivity index (χ3v) is 4.26. The summed E-state index contributed by atoms with van der Waals surface area (Å²) >= 11 is 0. The minimum atomic E-state index is 0.0502. The van der Waals surface area contributed by atoms with Gasteiger partial charge >= 0.3 is 0 Å². The van der Waals surface area contributed by atoms with Gasteiger partial charge in [-0.1, -0.05) is 39.8 Å². The number of phenols is 1. The van der Waals surface area contributed by atoms with E-state index >= 15 is 0 Å². The van der Waals surface area contributed by atoms with E-state index < -0.39 is 0 Å². The fourth-order valence-corrected chi connectivity index (χ4v) is 2.83. The third-order valence-electron chi connectivity index (χ3n) is 4.26. The van der Waals surface area contributed by atoms with Crippen LogP contribution in [-0.4, -0.2) is 11.7 Å². The van der Waals surface area contributed by atoms with E-state index in [1.54, 1.807) is 0 Å². The molecule has 1 aromatic rings. The summed E-state index contributed by atoms with van der Waals surface area (Å²) in [6.45, 7) is 9.24. The quantitative estimate of drug-likeness (QED) is 0.853. The lowest BCUT2D eigenvalue weighted by molar-refractivity contribution is 0.446. The Morgan fingerprint density at radius 2 is 1.61 bits per heavy atom. The van der Waals surface area contributed by atoms with Crippen molar-refractivity contribution < 1.29 is 5.11 Å². The lowest BCUT2D eigenvalue weighted by Crippen LogP contribution is -2.22. The third kappa shape index (κ3) is 2.03. The molecule has 2 rings (SSSR count). The van der Waals surface area contributed by atoms with Crippen LogP contribution in [0.5, 0.6) is 5.75 Å². The molecule has 0 aliphatic heterocycles. The molecule has 0 unspecified atom stereocenters. The van der Waals surface area contributed by atoms with Crippen molar-refractivity contribution in [2.45, 2.75) is 57.8 Å². The fourth-order valence-electron chi connectivity index (χ4n) is 2.83. The van der Waals surface area contributed by atoms with Gasteiger partial charge in [-0.25, -0.2) is 0 Å². The predicted octanol–water partition coefficient (Wildman–Crippen LogP) is 3.63. The van der Waals surface area contributed by atoms with Crippen LogP contribution in [0.15, 0.2) is 12.1 Å². The molecule has 0 atom stereocenters. The average molecular weight is 247 g/mol. The van der Waals surface area contributed by atoms with Crippen molar-refractivity contribution in [2.75, 3.05) is 6.54 Å². The Morgan fingerprint density at radius 1 is 1.11 bits per heavy atom. The highest BCUT2D eigenvalue weighted by atomic mass is 16.3. The van der Waals surface area contributed by atoms with Crippen LogP contribution in [0.3, 0.4) is 0 Å². The van der Waals surface area contributed by atoms with Crippen LogP contribution < -0.4 is 5.73 Å². The molecule has 18 heavy (non-hydrogen) atoms. The first kappa shape index (κ1) is 13.4. The number of benzene rings is 1. The molecule has 0 bridgehead atoms. The normalized spacial score (nSPS) is 17.5. The van der Waals surface area contributed by atoms with Crippen LogP contribution in [0.25, 0.3) is 0 Å². The van der Waals surface area contributed by atoms with Crippen LogP contribution in [0.2, 0.25) is 0 Å². The van der Waals surface area contributed by atoms with Gasteiger partial charge in [0.1, 0.15) is 5.75 Å². The van der Waals surface area contributed by atoms with E-state index in [1.165, 1.54) is 5.56 Å². The maximum atomic E-state index is 10.6. The second-order valence-corrected chi connectivity index (χ2v) is 6.26. The smallest absolute Gasteiger partial charge is 0.123 e. The van der Waals surface area contributed by atoms with Crippen molar-refractivity contribution in [3.05, 3.63) is 28.8 Å².